The minimum absolute atomic E-state index is 0.0476. The first kappa shape index (κ1) is 15.6. The molecule has 0 atom stereocenters. The third kappa shape index (κ3) is 4.33. The minimum atomic E-state index is -0.0476. The van der Waals surface area contributed by atoms with Crippen LogP contribution in [-0.4, -0.2) is 70.3 Å². The van der Waals surface area contributed by atoms with Crippen LogP contribution in [0.15, 0.2) is 30.6 Å². The Morgan fingerprint density at radius 3 is 2.70 bits per heavy atom. The maximum absolute atomic E-state index is 12.1. The molecular formula is C15H21N7O. The van der Waals surface area contributed by atoms with Crippen LogP contribution >= 0.6 is 0 Å². The highest BCUT2D eigenvalue weighted by Gasteiger charge is 2.09. The van der Waals surface area contributed by atoms with E-state index >= 15 is 0 Å². The van der Waals surface area contributed by atoms with Crippen LogP contribution in [0, 0.1) is 0 Å². The topological polar surface area (TPSA) is 88.0 Å². The summed E-state index contributed by atoms with van der Waals surface area (Å²) in [4.78, 5) is 14.5. The van der Waals surface area contributed by atoms with Crippen molar-refractivity contribution >= 4 is 5.91 Å². The van der Waals surface area contributed by atoms with Gasteiger partial charge in [-0.3, -0.25) is 4.79 Å². The number of aromatic nitrogens is 4. The monoisotopic (exact) mass is 315 g/mol. The summed E-state index contributed by atoms with van der Waals surface area (Å²) in [6.07, 6.45) is 2.49. The van der Waals surface area contributed by atoms with Crippen molar-refractivity contribution in [2.24, 2.45) is 0 Å². The summed E-state index contributed by atoms with van der Waals surface area (Å²) in [7, 11) is 0. The summed E-state index contributed by atoms with van der Waals surface area (Å²) >= 11 is 0. The number of amides is 1. The Bertz CT molecular complexity index is 605. The van der Waals surface area contributed by atoms with E-state index in [1.807, 2.05) is 12.1 Å². The van der Waals surface area contributed by atoms with E-state index in [9.17, 15) is 4.79 Å². The van der Waals surface area contributed by atoms with Gasteiger partial charge in [0.05, 0.1) is 5.69 Å². The fraction of sp³-hybridized carbons (Fsp3) is 0.467. The molecular weight excluding hydrogens is 294 g/mol. The van der Waals surface area contributed by atoms with Crippen molar-refractivity contribution in [3.8, 4) is 5.69 Å². The highest BCUT2D eigenvalue weighted by atomic mass is 16.1. The van der Waals surface area contributed by atoms with E-state index in [-0.39, 0.29) is 5.91 Å². The number of carbonyl (C=O) groups excluding carboxylic acids is 1. The van der Waals surface area contributed by atoms with Gasteiger partial charge in [-0.25, -0.2) is 4.68 Å². The Hall–Kier alpha value is -2.32. The Kier molecular flexibility index (Phi) is 5.28. The van der Waals surface area contributed by atoms with Gasteiger partial charge in [0.15, 0.2) is 0 Å². The fourth-order valence-electron chi connectivity index (χ4n) is 2.59. The second-order valence-corrected chi connectivity index (χ2v) is 5.50. The van der Waals surface area contributed by atoms with Crippen molar-refractivity contribution in [3.63, 3.8) is 0 Å². The predicted molar refractivity (Wildman–Crippen MR) is 85.4 cm³/mol. The number of rotatable bonds is 6. The lowest BCUT2D eigenvalue weighted by Gasteiger charge is -2.27. The molecule has 1 aromatic heterocycles. The minimum Gasteiger partial charge on any atom is -0.352 e. The van der Waals surface area contributed by atoms with Crippen LogP contribution in [0.4, 0.5) is 0 Å². The quantitative estimate of drug-likeness (QED) is 0.711. The highest BCUT2D eigenvalue weighted by Crippen LogP contribution is 2.07. The zero-order chi connectivity index (χ0) is 15.9. The van der Waals surface area contributed by atoms with Crippen LogP contribution in [0.1, 0.15) is 16.8 Å². The summed E-state index contributed by atoms with van der Waals surface area (Å²) in [5.41, 5.74) is 1.47. The predicted octanol–water partition coefficient (Wildman–Crippen LogP) is -0.313. The lowest BCUT2D eigenvalue weighted by molar-refractivity contribution is 0.0951. The Morgan fingerprint density at radius 1 is 1.22 bits per heavy atom. The molecule has 1 aromatic carbocycles. The van der Waals surface area contributed by atoms with E-state index in [0.717, 1.165) is 44.8 Å². The summed E-state index contributed by atoms with van der Waals surface area (Å²) in [5.74, 6) is -0.0476. The Labute approximate surface area is 134 Å². The first-order valence-corrected chi connectivity index (χ1v) is 7.87. The zero-order valence-corrected chi connectivity index (χ0v) is 13.0. The number of tetrazole rings is 1. The molecule has 8 heteroatoms. The van der Waals surface area contributed by atoms with Gasteiger partial charge in [-0.2, -0.15) is 0 Å². The second kappa shape index (κ2) is 7.80. The number of nitrogens with one attached hydrogen (secondary N) is 2. The molecule has 23 heavy (non-hydrogen) atoms. The third-order valence-electron chi connectivity index (χ3n) is 3.89. The average Bonchev–Trinajstić information content (AvgIpc) is 3.14. The molecule has 2 heterocycles. The van der Waals surface area contributed by atoms with Crippen molar-refractivity contribution in [1.29, 1.82) is 0 Å². The lowest BCUT2D eigenvalue weighted by Crippen LogP contribution is -2.44. The van der Waals surface area contributed by atoms with Crippen molar-refractivity contribution in [1.82, 2.24) is 35.7 Å². The summed E-state index contributed by atoms with van der Waals surface area (Å²) in [5, 5.41) is 17.3. The molecule has 0 unspecified atom stereocenters. The van der Waals surface area contributed by atoms with E-state index < -0.39 is 0 Å². The maximum Gasteiger partial charge on any atom is 0.251 e. The largest absolute Gasteiger partial charge is 0.352 e. The first-order chi connectivity index (χ1) is 11.3. The molecule has 122 valence electrons. The molecule has 2 aromatic rings. The van der Waals surface area contributed by atoms with Crippen molar-refractivity contribution < 1.29 is 4.79 Å². The van der Waals surface area contributed by atoms with Crippen LogP contribution in [0.2, 0.25) is 0 Å². The molecule has 0 spiro atoms. The van der Waals surface area contributed by atoms with Gasteiger partial charge in [0.2, 0.25) is 0 Å². The molecule has 1 amide bonds. The second-order valence-electron chi connectivity index (χ2n) is 5.50. The van der Waals surface area contributed by atoms with E-state index in [2.05, 4.69) is 31.1 Å². The number of nitrogens with zero attached hydrogens (tertiary/aromatic N) is 5. The van der Waals surface area contributed by atoms with Gasteiger partial charge in [-0.05, 0) is 47.7 Å². The van der Waals surface area contributed by atoms with Crippen LogP contribution < -0.4 is 10.6 Å². The van der Waals surface area contributed by atoms with Crippen LogP contribution in [0.5, 0.6) is 0 Å². The van der Waals surface area contributed by atoms with Gasteiger partial charge >= 0.3 is 0 Å². The normalized spacial score (nSPS) is 15.5. The number of carbonyl (C=O) groups is 1. The number of piperazine rings is 1. The van der Waals surface area contributed by atoms with Gasteiger partial charge < -0.3 is 15.5 Å². The molecule has 3 rings (SSSR count). The zero-order valence-electron chi connectivity index (χ0n) is 13.0. The van der Waals surface area contributed by atoms with Gasteiger partial charge in [-0.15, -0.1) is 5.10 Å². The van der Waals surface area contributed by atoms with Crippen LogP contribution in [0.3, 0.4) is 0 Å². The smallest absolute Gasteiger partial charge is 0.251 e. The molecule has 1 saturated heterocycles. The van der Waals surface area contributed by atoms with Gasteiger partial charge in [0.25, 0.3) is 5.91 Å². The molecule has 1 aliphatic rings. The van der Waals surface area contributed by atoms with E-state index in [1.165, 1.54) is 6.33 Å². The van der Waals surface area contributed by atoms with E-state index in [1.54, 1.807) is 16.8 Å². The number of hydrogen-bond donors (Lipinski definition) is 2. The molecule has 2 N–H and O–H groups in total. The van der Waals surface area contributed by atoms with Crippen molar-refractivity contribution in [2.45, 2.75) is 6.42 Å². The molecule has 0 bridgehead atoms. The van der Waals surface area contributed by atoms with E-state index in [0.29, 0.717) is 12.1 Å². The third-order valence-corrected chi connectivity index (χ3v) is 3.89. The van der Waals surface area contributed by atoms with Crippen LogP contribution in [-0.2, 0) is 0 Å². The summed E-state index contributed by atoms with van der Waals surface area (Å²) in [6, 6.07) is 7.21. The maximum atomic E-state index is 12.1. The number of hydrogen-bond acceptors (Lipinski definition) is 6. The molecule has 0 aliphatic carbocycles. The lowest BCUT2D eigenvalue weighted by atomic mass is 10.2. The van der Waals surface area contributed by atoms with Gasteiger partial charge in [-0.1, -0.05) is 0 Å². The van der Waals surface area contributed by atoms with Crippen molar-refractivity contribution in [2.75, 3.05) is 39.3 Å². The average molecular weight is 315 g/mol. The molecule has 1 fully saturated rings. The standard InChI is InChI=1S/C15H21N7O/c23-15(17-6-1-9-21-10-7-16-8-11-21)13-2-4-14(5-3-13)22-12-18-19-20-22/h2-5,12,16H,1,6-11H2,(H,17,23). The number of benzene rings is 1. The summed E-state index contributed by atoms with van der Waals surface area (Å²) in [6.45, 7) is 6.01. The van der Waals surface area contributed by atoms with Crippen molar-refractivity contribution in [3.05, 3.63) is 36.2 Å². The molecule has 1 aliphatic heterocycles. The summed E-state index contributed by atoms with van der Waals surface area (Å²) < 4.78 is 1.55. The van der Waals surface area contributed by atoms with Gasteiger partial charge in [0, 0.05) is 38.3 Å². The highest BCUT2D eigenvalue weighted by molar-refractivity contribution is 5.94. The van der Waals surface area contributed by atoms with E-state index in [4.69, 9.17) is 0 Å². The Morgan fingerprint density at radius 2 is 2.00 bits per heavy atom. The fourth-order valence-corrected chi connectivity index (χ4v) is 2.59. The van der Waals surface area contributed by atoms with Crippen LogP contribution in [0.25, 0.3) is 5.69 Å². The molecule has 0 radical (unpaired) electrons. The molecule has 0 saturated carbocycles. The Balaban J connectivity index is 1.43. The molecule has 8 nitrogen and oxygen atoms in total. The first-order valence-electron chi connectivity index (χ1n) is 7.87. The van der Waals surface area contributed by atoms with Gasteiger partial charge in [0.1, 0.15) is 6.33 Å². The SMILES string of the molecule is O=C(NCCCN1CCNCC1)c1ccc(-n2cnnn2)cc1.